The van der Waals surface area contributed by atoms with Crippen LogP contribution in [-0.4, -0.2) is 11.6 Å². The Morgan fingerprint density at radius 1 is 1.00 bits per heavy atom. The maximum atomic E-state index is 12.1. The van der Waals surface area contributed by atoms with Crippen molar-refractivity contribution in [1.29, 1.82) is 0 Å². The monoisotopic (exact) mass is 212 g/mol. The molecule has 0 spiro atoms. The van der Waals surface area contributed by atoms with E-state index in [1.165, 1.54) is 6.26 Å². The number of carbonyl (C=O) groups is 2. The number of allylic oxidation sites excluding steroid dienone is 3. The molecular weight excluding hydrogens is 204 g/mol. The van der Waals surface area contributed by atoms with Crippen LogP contribution in [0.1, 0.15) is 27.1 Å². The predicted molar refractivity (Wildman–Crippen MR) is 57.0 cm³/mol. The van der Waals surface area contributed by atoms with Crippen LogP contribution in [0.5, 0.6) is 0 Å². The van der Waals surface area contributed by atoms with Crippen LogP contribution in [0.4, 0.5) is 0 Å². The summed E-state index contributed by atoms with van der Waals surface area (Å²) in [6.45, 7) is 0. The second-order valence-corrected chi connectivity index (χ2v) is 3.71. The summed E-state index contributed by atoms with van der Waals surface area (Å²) >= 11 is 0. The standard InChI is InChI=1S/C13H8O3/c14-11-8-4-1-2-5-9(8)12(15)13-10(11)6-3-7-16-13/h1-5,7H,6H2. The van der Waals surface area contributed by atoms with E-state index in [0.717, 1.165) is 0 Å². The lowest BCUT2D eigenvalue weighted by molar-refractivity contribution is 0.0915. The van der Waals surface area contributed by atoms with E-state index in [9.17, 15) is 9.59 Å². The first-order chi connectivity index (χ1) is 7.79. The first-order valence-corrected chi connectivity index (χ1v) is 5.02. The molecule has 1 aromatic carbocycles. The van der Waals surface area contributed by atoms with Crippen molar-refractivity contribution in [3.05, 3.63) is 59.1 Å². The second-order valence-electron chi connectivity index (χ2n) is 3.71. The molecule has 16 heavy (non-hydrogen) atoms. The minimum Gasteiger partial charge on any atom is -0.461 e. The summed E-state index contributed by atoms with van der Waals surface area (Å²) in [5.74, 6) is -0.115. The molecule has 0 fully saturated rings. The fourth-order valence-electron chi connectivity index (χ4n) is 2.00. The van der Waals surface area contributed by atoms with Crippen LogP contribution in [0.25, 0.3) is 0 Å². The van der Waals surface area contributed by atoms with Crippen LogP contribution in [-0.2, 0) is 4.74 Å². The quantitative estimate of drug-likeness (QED) is 0.662. The van der Waals surface area contributed by atoms with Crippen molar-refractivity contribution < 1.29 is 14.3 Å². The summed E-state index contributed by atoms with van der Waals surface area (Å²) in [5, 5.41) is 0. The molecule has 78 valence electrons. The number of fused-ring (bicyclic) bond motifs is 1. The summed E-state index contributed by atoms with van der Waals surface area (Å²) in [4.78, 5) is 24.1. The highest BCUT2D eigenvalue weighted by atomic mass is 16.5. The van der Waals surface area contributed by atoms with Gasteiger partial charge in [-0.3, -0.25) is 9.59 Å². The lowest BCUT2D eigenvalue weighted by Crippen LogP contribution is -2.23. The molecule has 0 saturated carbocycles. The van der Waals surface area contributed by atoms with E-state index in [0.29, 0.717) is 23.1 Å². The number of Topliss-reactive ketones (excluding diaryl/α,β-unsaturated/α-hetero) is 2. The summed E-state index contributed by atoms with van der Waals surface area (Å²) in [6.07, 6.45) is 3.66. The molecule has 1 aromatic rings. The first kappa shape index (κ1) is 9.09. The van der Waals surface area contributed by atoms with Crippen molar-refractivity contribution in [1.82, 2.24) is 0 Å². The molecule has 0 radical (unpaired) electrons. The molecule has 3 rings (SSSR count). The molecule has 0 amide bonds. The first-order valence-electron chi connectivity index (χ1n) is 5.02. The molecule has 0 saturated heterocycles. The van der Waals surface area contributed by atoms with Gasteiger partial charge >= 0.3 is 0 Å². The summed E-state index contributed by atoms with van der Waals surface area (Å²) in [7, 11) is 0. The highest BCUT2D eigenvalue weighted by Gasteiger charge is 2.33. The van der Waals surface area contributed by atoms with Gasteiger partial charge in [0, 0.05) is 17.5 Å². The van der Waals surface area contributed by atoms with Gasteiger partial charge in [0.05, 0.1) is 11.8 Å². The Morgan fingerprint density at radius 3 is 2.44 bits per heavy atom. The van der Waals surface area contributed by atoms with Gasteiger partial charge in [-0.05, 0) is 6.08 Å². The number of benzene rings is 1. The van der Waals surface area contributed by atoms with Crippen molar-refractivity contribution in [3.8, 4) is 0 Å². The van der Waals surface area contributed by atoms with Crippen LogP contribution in [0.15, 0.2) is 47.9 Å². The van der Waals surface area contributed by atoms with E-state index in [2.05, 4.69) is 0 Å². The van der Waals surface area contributed by atoms with Crippen molar-refractivity contribution >= 4 is 11.6 Å². The van der Waals surface area contributed by atoms with Gasteiger partial charge in [-0.1, -0.05) is 24.3 Å². The average Bonchev–Trinajstić information content (AvgIpc) is 2.36. The van der Waals surface area contributed by atoms with E-state index < -0.39 is 0 Å². The lowest BCUT2D eigenvalue weighted by Gasteiger charge is -2.21. The van der Waals surface area contributed by atoms with Gasteiger partial charge in [0.1, 0.15) is 0 Å². The average molecular weight is 212 g/mol. The Balaban J connectivity index is 2.23. The maximum Gasteiger partial charge on any atom is 0.229 e. The number of hydrogen-bond acceptors (Lipinski definition) is 3. The molecule has 1 heterocycles. The van der Waals surface area contributed by atoms with Crippen LogP contribution < -0.4 is 0 Å². The second kappa shape index (κ2) is 3.17. The molecule has 0 atom stereocenters. The molecule has 3 nitrogen and oxygen atoms in total. The summed E-state index contributed by atoms with van der Waals surface area (Å²) in [5.41, 5.74) is 1.37. The van der Waals surface area contributed by atoms with Gasteiger partial charge < -0.3 is 4.74 Å². The third-order valence-corrected chi connectivity index (χ3v) is 2.77. The molecule has 0 aromatic heterocycles. The fraction of sp³-hybridized carbons (Fsp3) is 0.0769. The van der Waals surface area contributed by atoms with Crippen molar-refractivity contribution in [2.75, 3.05) is 0 Å². The van der Waals surface area contributed by atoms with Crippen LogP contribution in [0, 0.1) is 0 Å². The smallest absolute Gasteiger partial charge is 0.229 e. The highest BCUT2D eigenvalue weighted by Crippen LogP contribution is 2.30. The zero-order valence-corrected chi connectivity index (χ0v) is 8.40. The minimum atomic E-state index is -0.199. The maximum absolute atomic E-state index is 12.1. The van der Waals surface area contributed by atoms with E-state index >= 15 is 0 Å². The van der Waals surface area contributed by atoms with E-state index in [1.807, 2.05) is 0 Å². The molecule has 0 bridgehead atoms. The number of rotatable bonds is 0. The predicted octanol–water partition coefficient (Wildman–Crippen LogP) is 2.25. The Kier molecular flexibility index (Phi) is 1.80. The van der Waals surface area contributed by atoms with Gasteiger partial charge in [0.2, 0.25) is 5.78 Å². The molecule has 0 unspecified atom stereocenters. The lowest BCUT2D eigenvalue weighted by atomic mass is 9.86. The molecule has 3 heteroatoms. The van der Waals surface area contributed by atoms with Gasteiger partial charge in [-0.2, -0.15) is 0 Å². The Bertz CT molecular complexity index is 515. The highest BCUT2D eigenvalue weighted by molar-refractivity contribution is 6.26. The Morgan fingerprint density at radius 2 is 1.69 bits per heavy atom. The molecule has 2 aliphatic rings. The van der Waals surface area contributed by atoms with Crippen molar-refractivity contribution in [2.24, 2.45) is 0 Å². The summed E-state index contributed by atoms with van der Waals surface area (Å²) < 4.78 is 5.15. The zero-order chi connectivity index (χ0) is 11.1. The van der Waals surface area contributed by atoms with E-state index in [-0.39, 0.29) is 17.3 Å². The molecule has 1 aliphatic heterocycles. The third kappa shape index (κ3) is 1.08. The van der Waals surface area contributed by atoms with Crippen LogP contribution in [0.3, 0.4) is 0 Å². The Hall–Kier alpha value is -2.16. The number of hydrogen-bond donors (Lipinski definition) is 0. The van der Waals surface area contributed by atoms with Crippen molar-refractivity contribution in [2.45, 2.75) is 6.42 Å². The van der Waals surface area contributed by atoms with Gasteiger partial charge in [-0.15, -0.1) is 0 Å². The van der Waals surface area contributed by atoms with Crippen LogP contribution >= 0.6 is 0 Å². The molecule has 1 aliphatic carbocycles. The minimum absolute atomic E-state index is 0.102. The zero-order valence-electron chi connectivity index (χ0n) is 8.40. The molecular formula is C13H8O3. The fourth-order valence-corrected chi connectivity index (χ4v) is 2.00. The Labute approximate surface area is 92.0 Å². The van der Waals surface area contributed by atoms with E-state index in [1.54, 1.807) is 30.3 Å². The van der Waals surface area contributed by atoms with Gasteiger partial charge in [0.15, 0.2) is 11.5 Å². The van der Waals surface area contributed by atoms with Crippen molar-refractivity contribution in [3.63, 3.8) is 0 Å². The van der Waals surface area contributed by atoms with Gasteiger partial charge in [-0.25, -0.2) is 0 Å². The van der Waals surface area contributed by atoms with Crippen LogP contribution in [0.2, 0.25) is 0 Å². The number of carbonyl (C=O) groups excluding carboxylic acids is 2. The normalized spacial score (nSPS) is 18.0. The van der Waals surface area contributed by atoms with E-state index in [4.69, 9.17) is 4.74 Å². The third-order valence-electron chi connectivity index (χ3n) is 2.77. The largest absolute Gasteiger partial charge is 0.461 e. The number of ketones is 2. The summed E-state index contributed by atoms with van der Waals surface area (Å²) in [6, 6.07) is 6.84. The van der Waals surface area contributed by atoms with Gasteiger partial charge in [0.25, 0.3) is 0 Å². The molecule has 0 N–H and O–H groups in total. The topological polar surface area (TPSA) is 43.4 Å². The number of ether oxygens (including phenoxy) is 1. The SMILES string of the molecule is O=C1C2=C(OC=CC2)C(=O)c2ccccc21.